The highest BCUT2D eigenvalue weighted by atomic mass is 16.5. The molecule has 1 amide bonds. The van der Waals surface area contributed by atoms with E-state index < -0.39 is 0 Å². The van der Waals surface area contributed by atoms with E-state index in [0.29, 0.717) is 6.54 Å². The number of H-pyrrole nitrogens is 1. The number of nitrogens with one attached hydrogen (secondary N) is 1. The van der Waals surface area contributed by atoms with Gasteiger partial charge in [-0.2, -0.15) is 5.10 Å². The molecule has 0 saturated carbocycles. The van der Waals surface area contributed by atoms with Crippen LogP contribution in [0.4, 0.5) is 0 Å². The van der Waals surface area contributed by atoms with E-state index in [2.05, 4.69) is 15.4 Å². The number of amides is 1. The van der Waals surface area contributed by atoms with Crippen LogP contribution in [-0.4, -0.2) is 33.2 Å². The molecule has 0 aliphatic heterocycles. The minimum Gasteiger partial charge on any atom is -0.351 e. The van der Waals surface area contributed by atoms with Gasteiger partial charge in [0.25, 0.3) is 5.91 Å². The third-order valence-corrected chi connectivity index (χ3v) is 1.97. The molecule has 15 heavy (non-hydrogen) atoms. The molecular formula is C9H10N4O2. The van der Waals surface area contributed by atoms with E-state index in [0.717, 1.165) is 5.56 Å². The van der Waals surface area contributed by atoms with Crippen LogP contribution < -0.4 is 0 Å². The van der Waals surface area contributed by atoms with Crippen LogP contribution in [0.2, 0.25) is 0 Å². The van der Waals surface area contributed by atoms with Gasteiger partial charge in [0.1, 0.15) is 0 Å². The largest absolute Gasteiger partial charge is 0.351 e. The molecule has 0 aromatic carbocycles. The lowest BCUT2D eigenvalue weighted by Gasteiger charge is -2.13. The van der Waals surface area contributed by atoms with Gasteiger partial charge in [0.2, 0.25) is 5.76 Å². The van der Waals surface area contributed by atoms with Gasteiger partial charge in [-0.1, -0.05) is 5.16 Å². The summed E-state index contributed by atoms with van der Waals surface area (Å²) in [6, 6.07) is 1.54. The minimum atomic E-state index is -0.200. The summed E-state index contributed by atoms with van der Waals surface area (Å²) in [4.78, 5) is 13.2. The Hall–Kier alpha value is -2.11. The molecule has 6 heteroatoms. The zero-order valence-corrected chi connectivity index (χ0v) is 8.17. The van der Waals surface area contributed by atoms with Gasteiger partial charge >= 0.3 is 0 Å². The van der Waals surface area contributed by atoms with Crippen LogP contribution >= 0.6 is 0 Å². The summed E-state index contributed by atoms with van der Waals surface area (Å²) in [5.41, 5.74) is 0.936. The normalized spacial score (nSPS) is 10.2. The second-order valence-corrected chi connectivity index (χ2v) is 3.14. The van der Waals surface area contributed by atoms with Gasteiger partial charge < -0.3 is 9.42 Å². The molecule has 0 radical (unpaired) electrons. The van der Waals surface area contributed by atoms with Gasteiger partial charge in [-0.3, -0.25) is 9.89 Å². The fourth-order valence-electron chi connectivity index (χ4n) is 1.22. The molecule has 2 heterocycles. The Bertz CT molecular complexity index is 421. The molecule has 2 aromatic heterocycles. The van der Waals surface area contributed by atoms with Crippen LogP contribution in [0.3, 0.4) is 0 Å². The molecule has 6 nitrogen and oxygen atoms in total. The van der Waals surface area contributed by atoms with E-state index >= 15 is 0 Å². The van der Waals surface area contributed by atoms with Crippen molar-refractivity contribution in [3.8, 4) is 0 Å². The monoisotopic (exact) mass is 206 g/mol. The number of nitrogens with zero attached hydrogens (tertiary/aromatic N) is 3. The van der Waals surface area contributed by atoms with Gasteiger partial charge in [-0.25, -0.2) is 0 Å². The Labute approximate surface area is 85.9 Å². The first-order valence-electron chi connectivity index (χ1n) is 4.41. The van der Waals surface area contributed by atoms with Gasteiger partial charge in [-0.05, 0) is 0 Å². The fourth-order valence-corrected chi connectivity index (χ4v) is 1.22. The van der Waals surface area contributed by atoms with Crippen molar-refractivity contribution in [1.29, 1.82) is 0 Å². The number of carbonyl (C=O) groups is 1. The molecule has 0 unspecified atom stereocenters. The molecule has 0 bridgehead atoms. The van der Waals surface area contributed by atoms with E-state index in [1.54, 1.807) is 19.4 Å². The van der Waals surface area contributed by atoms with Crippen molar-refractivity contribution in [3.63, 3.8) is 0 Å². The molecule has 2 aromatic rings. The second kappa shape index (κ2) is 3.95. The molecular weight excluding hydrogens is 196 g/mol. The van der Waals surface area contributed by atoms with Crippen molar-refractivity contribution in [2.24, 2.45) is 0 Å². The fraction of sp³-hybridized carbons (Fsp3) is 0.222. The molecule has 2 rings (SSSR count). The van der Waals surface area contributed by atoms with E-state index in [4.69, 9.17) is 4.52 Å². The first-order chi connectivity index (χ1) is 7.27. The lowest BCUT2D eigenvalue weighted by atomic mass is 10.3. The quantitative estimate of drug-likeness (QED) is 0.800. The zero-order chi connectivity index (χ0) is 10.7. The molecule has 0 aliphatic carbocycles. The average molecular weight is 206 g/mol. The van der Waals surface area contributed by atoms with Gasteiger partial charge in [0.05, 0.1) is 12.4 Å². The summed E-state index contributed by atoms with van der Waals surface area (Å²) in [6.07, 6.45) is 4.85. The predicted molar refractivity (Wildman–Crippen MR) is 50.9 cm³/mol. The maximum atomic E-state index is 11.7. The smallest absolute Gasteiger partial charge is 0.292 e. The first-order valence-corrected chi connectivity index (χ1v) is 4.41. The zero-order valence-electron chi connectivity index (χ0n) is 8.17. The van der Waals surface area contributed by atoms with Crippen LogP contribution in [-0.2, 0) is 6.54 Å². The standard InChI is InChI=1S/C9H10N4O2/c1-13(6-7-4-10-11-5-7)9(14)8-2-3-12-15-8/h2-5H,6H2,1H3,(H,10,11). The molecule has 0 atom stereocenters. The maximum absolute atomic E-state index is 11.7. The van der Waals surface area contributed by atoms with Gasteiger partial charge in [-0.15, -0.1) is 0 Å². The van der Waals surface area contributed by atoms with Crippen LogP contribution in [0.5, 0.6) is 0 Å². The Morgan fingerprint density at radius 1 is 1.67 bits per heavy atom. The third kappa shape index (κ3) is 2.04. The maximum Gasteiger partial charge on any atom is 0.292 e. The molecule has 0 spiro atoms. The van der Waals surface area contributed by atoms with E-state index in [1.165, 1.54) is 17.2 Å². The highest BCUT2D eigenvalue weighted by Gasteiger charge is 2.15. The molecule has 1 N–H and O–H groups in total. The van der Waals surface area contributed by atoms with Crippen LogP contribution in [0.25, 0.3) is 0 Å². The number of hydrogen-bond donors (Lipinski definition) is 1. The van der Waals surface area contributed by atoms with Gasteiger partial charge in [0, 0.05) is 31.4 Å². The molecule has 0 saturated heterocycles. The van der Waals surface area contributed by atoms with Crippen LogP contribution in [0.1, 0.15) is 16.1 Å². The summed E-state index contributed by atoms with van der Waals surface area (Å²) < 4.78 is 4.77. The Balaban J connectivity index is 2.03. The highest BCUT2D eigenvalue weighted by molar-refractivity contribution is 5.90. The number of hydrogen-bond acceptors (Lipinski definition) is 4. The molecule has 0 aliphatic rings. The van der Waals surface area contributed by atoms with E-state index in [1.807, 2.05) is 0 Å². The van der Waals surface area contributed by atoms with E-state index in [-0.39, 0.29) is 11.7 Å². The van der Waals surface area contributed by atoms with Crippen molar-refractivity contribution in [2.75, 3.05) is 7.05 Å². The minimum absolute atomic E-state index is 0.200. The number of aromatic amines is 1. The number of carbonyl (C=O) groups excluding carboxylic acids is 1. The molecule has 0 fully saturated rings. The summed E-state index contributed by atoms with van der Waals surface area (Å²) in [7, 11) is 1.69. The lowest BCUT2D eigenvalue weighted by Crippen LogP contribution is -2.25. The van der Waals surface area contributed by atoms with Crippen molar-refractivity contribution in [1.82, 2.24) is 20.3 Å². The summed E-state index contributed by atoms with van der Waals surface area (Å²) in [5, 5.41) is 9.97. The second-order valence-electron chi connectivity index (χ2n) is 3.14. The summed E-state index contributed by atoms with van der Waals surface area (Å²) in [6.45, 7) is 0.482. The number of aromatic nitrogens is 3. The van der Waals surface area contributed by atoms with Crippen molar-refractivity contribution >= 4 is 5.91 Å². The Kier molecular flexibility index (Phi) is 2.49. The summed E-state index contributed by atoms with van der Waals surface area (Å²) in [5.74, 6) is 0.0368. The SMILES string of the molecule is CN(Cc1cn[nH]c1)C(=O)c1ccno1. The van der Waals surface area contributed by atoms with Crippen molar-refractivity contribution in [3.05, 3.63) is 36.0 Å². The van der Waals surface area contributed by atoms with Crippen molar-refractivity contribution < 1.29 is 9.32 Å². The third-order valence-electron chi connectivity index (χ3n) is 1.97. The van der Waals surface area contributed by atoms with Crippen LogP contribution in [0, 0.1) is 0 Å². The average Bonchev–Trinajstić information content (AvgIpc) is 2.88. The number of rotatable bonds is 3. The Morgan fingerprint density at radius 2 is 2.53 bits per heavy atom. The molecule has 78 valence electrons. The summed E-state index contributed by atoms with van der Waals surface area (Å²) >= 11 is 0. The first kappa shape index (κ1) is 9.45. The van der Waals surface area contributed by atoms with E-state index in [9.17, 15) is 4.79 Å². The lowest BCUT2D eigenvalue weighted by molar-refractivity contribution is 0.0743. The van der Waals surface area contributed by atoms with Crippen molar-refractivity contribution in [2.45, 2.75) is 6.54 Å². The van der Waals surface area contributed by atoms with Gasteiger partial charge in [0.15, 0.2) is 0 Å². The van der Waals surface area contributed by atoms with Crippen LogP contribution in [0.15, 0.2) is 29.2 Å². The highest BCUT2D eigenvalue weighted by Crippen LogP contribution is 2.05. The Morgan fingerprint density at radius 3 is 3.13 bits per heavy atom. The topological polar surface area (TPSA) is 75.0 Å². The predicted octanol–water partition coefficient (Wildman–Crippen LogP) is 0.670.